The average molecular weight is 261 g/mol. The third-order valence-electron chi connectivity index (χ3n) is 2.62. The van der Waals surface area contributed by atoms with E-state index in [1.165, 1.54) is 23.9 Å². The molecule has 1 aromatic heterocycles. The molecule has 90 valence electrons. The maximum Gasteiger partial charge on any atom is 0.214 e. The summed E-state index contributed by atoms with van der Waals surface area (Å²) in [6, 6.07) is 6.46. The van der Waals surface area contributed by atoms with Gasteiger partial charge in [0.15, 0.2) is 0 Å². The van der Waals surface area contributed by atoms with Crippen molar-refractivity contribution in [1.29, 1.82) is 5.26 Å². The minimum absolute atomic E-state index is 0.297. The van der Waals surface area contributed by atoms with E-state index in [2.05, 4.69) is 15.5 Å². The molecule has 7 heteroatoms. The van der Waals surface area contributed by atoms with Crippen molar-refractivity contribution < 1.29 is 4.39 Å². The second kappa shape index (κ2) is 4.38. The van der Waals surface area contributed by atoms with Gasteiger partial charge in [-0.3, -0.25) is 0 Å². The second-order valence-corrected chi connectivity index (χ2v) is 5.00. The fourth-order valence-electron chi connectivity index (χ4n) is 1.58. The molecule has 0 saturated heterocycles. The van der Waals surface area contributed by atoms with Crippen molar-refractivity contribution in [3.63, 3.8) is 0 Å². The number of rotatable bonds is 3. The van der Waals surface area contributed by atoms with Gasteiger partial charge in [0, 0.05) is 4.90 Å². The zero-order chi connectivity index (χ0) is 12.5. The predicted molar refractivity (Wildman–Crippen MR) is 61.3 cm³/mol. The summed E-state index contributed by atoms with van der Waals surface area (Å²) in [5.74, 6) is -0.419. The van der Waals surface area contributed by atoms with E-state index in [0.717, 1.165) is 12.8 Å². The van der Waals surface area contributed by atoms with Crippen LogP contribution in [-0.2, 0) is 0 Å². The molecule has 1 saturated carbocycles. The van der Waals surface area contributed by atoms with E-state index >= 15 is 0 Å². The maximum absolute atomic E-state index is 13.0. The van der Waals surface area contributed by atoms with Gasteiger partial charge in [-0.1, -0.05) is 0 Å². The van der Waals surface area contributed by atoms with E-state index in [1.54, 1.807) is 10.7 Å². The quantitative estimate of drug-likeness (QED) is 0.847. The Morgan fingerprint density at radius 3 is 3.00 bits per heavy atom. The van der Waals surface area contributed by atoms with Gasteiger partial charge in [-0.25, -0.2) is 9.07 Å². The molecule has 5 nitrogen and oxygen atoms in total. The van der Waals surface area contributed by atoms with Crippen LogP contribution >= 0.6 is 11.8 Å². The molecule has 0 aliphatic heterocycles. The van der Waals surface area contributed by atoms with Gasteiger partial charge in [-0.05, 0) is 53.2 Å². The highest BCUT2D eigenvalue weighted by atomic mass is 32.2. The van der Waals surface area contributed by atoms with E-state index in [4.69, 9.17) is 5.26 Å². The zero-order valence-electron chi connectivity index (χ0n) is 9.25. The van der Waals surface area contributed by atoms with Gasteiger partial charge >= 0.3 is 0 Å². The number of hydrogen-bond acceptors (Lipinski definition) is 5. The van der Waals surface area contributed by atoms with Crippen LogP contribution < -0.4 is 0 Å². The summed E-state index contributed by atoms with van der Waals surface area (Å²) < 4.78 is 14.8. The largest absolute Gasteiger partial charge is 0.217 e. The average Bonchev–Trinajstić information content (AvgIpc) is 3.12. The molecule has 0 unspecified atom stereocenters. The van der Waals surface area contributed by atoms with Crippen LogP contribution in [-0.4, -0.2) is 20.2 Å². The van der Waals surface area contributed by atoms with Gasteiger partial charge in [0.2, 0.25) is 5.16 Å². The zero-order valence-corrected chi connectivity index (χ0v) is 10.1. The first-order valence-electron chi connectivity index (χ1n) is 5.43. The van der Waals surface area contributed by atoms with Crippen LogP contribution in [0.15, 0.2) is 28.3 Å². The minimum atomic E-state index is -0.419. The molecular weight excluding hydrogens is 253 g/mol. The minimum Gasteiger partial charge on any atom is -0.217 e. The molecule has 0 amide bonds. The Balaban J connectivity index is 1.92. The van der Waals surface area contributed by atoms with Crippen molar-refractivity contribution in [2.24, 2.45) is 0 Å². The van der Waals surface area contributed by atoms with Crippen molar-refractivity contribution in [1.82, 2.24) is 20.2 Å². The SMILES string of the molecule is N#Cc1cc(F)ccc1Sc1nnnn1C1CC1. The predicted octanol–water partition coefficient (Wildman–Crippen LogP) is 2.17. The summed E-state index contributed by atoms with van der Waals surface area (Å²) in [7, 11) is 0. The number of benzene rings is 1. The molecule has 0 atom stereocenters. The highest BCUT2D eigenvalue weighted by Gasteiger charge is 2.28. The van der Waals surface area contributed by atoms with Gasteiger partial charge in [-0.15, -0.1) is 5.10 Å². The van der Waals surface area contributed by atoms with Crippen LogP contribution in [0.1, 0.15) is 24.4 Å². The molecular formula is C11H8FN5S. The van der Waals surface area contributed by atoms with Gasteiger partial charge < -0.3 is 0 Å². The molecule has 1 heterocycles. The van der Waals surface area contributed by atoms with Crippen LogP contribution in [0.2, 0.25) is 0 Å². The smallest absolute Gasteiger partial charge is 0.214 e. The third-order valence-corrected chi connectivity index (χ3v) is 3.65. The number of nitrogens with zero attached hydrogens (tertiary/aromatic N) is 5. The van der Waals surface area contributed by atoms with Crippen molar-refractivity contribution >= 4 is 11.8 Å². The molecule has 1 aliphatic rings. The number of hydrogen-bond donors (Lipinski definition) is 0. The summed E-state index contributed by atoms with van der Waals surface area (Å²) in [5.41, 5.74) is 0.297. The lowest BCUT2D eigenvalue weighted by Gasteiger charge is -2.03. The van der Waals surface area contributed by atoms with Gasteiger partial charge in [-0.2, -0.15) is 5.26 Å². The molecule has 1 aromatic carbocycles. The topological polar surface area (TPSA) is 67.4 Å². The molecule has 2 aromatic rings. The summed E-state index contributed by atoms with van der Waals surface area (Å²) >= 11 is 1.29. The monoisotopic (exact) mass is 261 g/mol. The molecule has 0 radical (unpaired) electrons. The normalized spacial score (nSPS) is 14.4. The Morgan fingerprint density at radius 1 is 1.44 bits per heavy atom. The molecule has 18 heavy (non-hydrogen) atoms. The summed E-state index contributed by atoms with van der Waals surface area (Å²) in [6.45, 7) is 0. The highest BCUT2D eigenvalue weighted by Crippen LogP contribution is 2.38. The summed E-state index contributed by atoms with van der Waals surface area (Å²) in [6.07, 6.45) is 2.15. The lowest BCUT2D eigenvalue weighted by Crippen LogP contribution is -1.98. The van der Waals surface area contributed by atoms with E-state index < -0.39 is 5.82 Å². The van der Waals surface area contributed by atoms with Crippen LogP contribution in [0.5, 0.6) is 0 Å². The first kappa shape index (κ1) is 11.2. The highest BCUT2D eigenvalue weighted by molar-refractivity contribution is 7.99. The number of tetrazole rings is 1. The maximum atomic E-state index is 13.0. The van der Waals surface area contributed by atoms with Crippen molar-refractivity contribution in [3.05, 3.63) is 29.6 Å². The Kier molecular flexibility index (Phi) is 2.72. The summed E-state index contributed by atoms with van der Waals surface area (Å²) in [5, 5.41) is 21.1. The summed E-state index contributed by atoms with van der Waals surface area (Å²) in [4.78, 5) is 0.663. The van der Waals surface area contributed by atoms with E-state index in [-0.39, 0.29) is 0 Å². The van der Waals surface area contributed by atoms with E-state index in [1.807, 2.05) is 6.07 Å². The molecule has 1 aliphatic carbocycles. The number of halogens is 1. The third kappa shape index (κ3) is 2.07. The van der Waals surface area contributed by atoms with Crippen LogP contribution in [0.25, 0.3) is 0 Å². The number of aromatic nitrogens is 4. The number of nitriles is 1. The standard InChI is InChI=1S/C11H8FN5S/c12-8-1-4-10(7(5-8)6-13)18-11-14-15-16-17(11)9-2-3-9/h1,4-5,9H,2-3H2. The molecule has 0 bridgehead atoms. The first-order valence-corrected chi connectivity index (χ1v) is 6.25. The lowest BCUT2D eigenvalue weighted by molar-refractivity contribution is 0.565. The van der Waals surface area contributed by atoms with Crippen LogP contribution in [0.3, 0.4) is 0 Å². The first-order chi connectivity index (χ1) is 8.78. The lowest BCUT2D eigenvalue weighted by atomic mass is 10.2. The molecule has 0 spiro atoms. The fraction of sp³-hybridized carbons (Fsp3) is 0.273. The molecule has 0 N–H and O–H groups in total. The van der Waals surface area contributed by atoms with Gasteiger partial charge in [0.05, 0.1) is 11.6 Å². The Labute approximate surface area is 107 Å². The van der Waals surface area contributed by atoms with Crippen molar-refractivity contribution in [2.75, 3.05) is 0 Å². The molecule has 3 rings (SSSR count). The van der Waals surface area contributed by atoms with Crippen molar-refractivity contribution in [3.8, 4) is 6.07 Å². The van der Waals surface area contributed by atoms with Crippen LogP contribution in [0.4, 0.5) is 4.39 Å². The van der Waals surface area contributed by atoms with Gasteiger partial charge in [0.25, 0.3) is 0 Å². The second-order valence-electron chi connectivity index (χ2n) is 3.99. The van der Waals surface area contributed by atoms with E-state index in [0.29, 0.717) is 21.7 Å². The Morgan fingerprint density at radius 2 is 2.28 bits per heavy atom. The molecule has 1 fully saturated rings. The van der Waals surface area contributed by atoms with Gasteiger partial charge in [0.1, 0.15) is 11.9 Å². The van der Waals surface area contributed by atoms with Crippen LogP contribution in [0, 0.1) is 17.1 Å². The van der Waals surface area contributed by atoms with E-state index in [9.17, 15) is 4.39 Å². The Bertz CT molecular complexity index is 629. The fourth-order valence-corrected chi connectivity index (χ4v) is 2.48. The van der Waals surface area contributed by atoms with Crippen molar-refractivity contribution in [2.45, 2.75) is 28.9 Å². The Hall–Kier alpha value is -1.94.